The lowest BCUT2D eigenvalue weighted by atomic mass is 9.86. The number of likely N-dealkylation sites (tertiary alicyclic amines) is 1. The highest BCUT2D eigenvalue weighted by Crippen LogP contribution is 2.33. The van der Waals surface area contributed by atoms with Crippen molar-refractivity contribution < 1.29 is 4.39 Å². The lowest BCUT2D eigenvalue weighted by Gasteiger charge is -2.41. The summed E-state index contributed by atoms with van der Waals surface area (Å²) >= 11 is 0. The number of piperidine rings is 1. The van der Waals surface area contributed by atoms with Gasteiger partial charge in [0.05, 0.1) is 0 Å². The highest BCUT2D eigenvalue weighted by Gasteiger charge is 2.29. The van der Waals surface area contributed by atoms with Gasteiger partial charge in [0.2, 0.25) is 0 Å². The molecule has 2 aliphatic heterocycles. The molecule has 1 fully saturated rings. The monoisotopic (exact) mass is 373 g/mol. The first kappa shape index (κ1) is 20.2. The summed E-state index contributed by atoms with van der Waals surface area (Å²) < 4.78 is 14.9. The molecular formula is C23H36FN3. The molecule has 0 aliphatic carbocycles. The molecular weight excluding hydrogens is 337 g/mol. The Morgan fingerprint density at radius 2 is 1.96 bits per heavy atom. The molecule has 0 amide bonds. The maximum Gasteiger partial charge on any atom is 0.127 e. The van der Waals surface area contributed by atoms with Crippen molar-refractivity contribution in [3.63, 3.8) is 0 Å². The number of nitrogens with zero attached hydrogens (tertiary/aromatic N) is 1. The number of nitrogens with one attached hydrogen (secondary N) is 2. The molecule has 2 N–H and O–H groups in total. The van der Waals surface area contributed by atoms with Crippen LogP contribution in [0.15, 0.2) is 30.1 Å². The predicted octanol–water partition coefficient (Wildman–Crippen LogP) is 5.07. The number of rotatable bonds is 5. The molecule has 150 valence electrons. The largest absolute Gasteiger partial charge is 0.386 e. The van der Waals surface area contributed by atoms with E-state index in [9.17, 15) is 4.39 Å². The van der Waals surface area contributed by atoms with Crippen LogP contribution in [0.3, 0.4) is 0 Å². The summed E-state index contributed by atoms with van der Waals surface area (Å²) in [4.78, 5) is 2.51. The SMILES string of the molecule is CCC1CC(NC(C)c2ccc(C3CCN(C(C)(C)C)CC3)c(F)c2)=CN1. The normalized spacial score (nSPS) is 23.0. The van der Waals surface area contributed by atoms with Crippen LogP contribution in [0.2, 0.25) is 0 Å². The van der Waals surface area contributed by atoms with Gasteiger partial charge in [0.15, 0.2) is 0 Å². The Balaban J connectivity index is 1.61. The van der Waals surface area contributed by atoms with Crippen molar-refractivity contribution in [1.82, 2.24) is 15.5 Å². The fourth-order valence-electron chi connectivity index (χ4n) is 4.33. The van der Waals surface area contributed by atoms with Crippen molar-refractivity contribution in [2.45, 2.75) is 83.8 Å². The molecule has 2 heterocycles. The van der Waals surface area contributed by atoms with Gasteiger partial charge in [-0.15, -0.1) is 0 Å². The van der Waals surface area contributed by atoms with Crippen LogP contribution in [0.5, 0.6) is 0 Å². The van der Waals surface area contributed by atoms with Gasteiger partial charge in [-0.3, -0.25) is 4.90 Å². The van der Waals surface area contributed by atoms with Gasteiger partial charge in [-0.05, 0) is 83.2 Å². The first-order valence-electron chi connectivity index (χ1n) is 10.5. The molecule has 1 saturated heterocycles. The average molecular weight is 374 g/mol. The van der Waals surface area contributed by atoms with Crippen molar-refractivity contribution >= 4 is 0 Å². The van der Waals surface area contributed by atoms with Crippen molar-refractivity contribution in [1.29, 1.82) is 0 Å². The smallest absolute Gasteiger partial charge is 0.127 e. The maximum absolute atomic E-state index is 14.9. The Hall–Kier alpha value is -1.55. The van der Waals surface area contributed by atoms with Crippen LogP contribution < -0.4 is 10.6 Å². The third-order valence-electron chi connectivity index (χ3n) is 6.26. The van der Waals surface area contributed by atoms with Crippen LogP contribution >= 0.6 is 0 Å². The summed E-state index contributed by atoms with van der Waals surface area (Å²) in [5.74, 6) is 0.299. The predicted molar refractivity (Wildman–Crippen MR) is 111 cm³/mol. The van der Waals surface area contributed by atoms with E-state index in [1.54, 1.807) is 6.07 Å². The van der Waals surface area contributed by atoms with Gasteiger partial charge in [-0.25, -0.2) is 4.39 Å². The molecule has 0 spiro atoms. The van der Waals surface area contributed by atoms with E-state index in [1.807, 2.05) is 6.07 Å². The third-order valence-corrected chi connectivity index (χ3v) is 6.26. The molecule has 4 heteroatoms. The molecule has 0 aromatic heterocycles. The van der Waals surface area contributed by atoms with Gasteiger partial charge in [0, 0.05) is 35.9 Å². The minimum absolute atomic E-state index is 0.0414. The lowest BCUT2D eigenvalue weighted by molar-refractivity contribution is 0.102. The molecule has 0 saturated carbocycles. The summed E-state index contributed by atoms with van der Waals surface area (Å²) in [6.07, 6.45) is 6.29. The highest BCUT2D eigenvalue weighted by atomic mass is 19.1. The average Bonchev–Trinajstić information content (AvgIpc) is 3.08. The van der Waals surface area contributed by atoms with E-state index < -0.39 is 0 Å². The Morgan fingerprint density at radius 1 is 1.26 bits per heavy atom. The number of hydrogen-bond donors (Lipinski definition) is 2. The van der Waals surface area contributed by atoms with Crippen LogP contribution in [0.1, 0.15) is 83.4 Å². The topological polar surface area (TPSA) is 27.3 Å². The second-order valence-electron chi connectivity index (χ2n) is 9.22. The molecule has 27 heavy (non-hydrogen) atoms. The standard InChI is InChI=1S/C23H36FN3/c1-6-19-14-20(15-25-19)26-16(2)18-7-8-21(22(24)13-18)17-9-11-27(12-10-17)23(3,4)5/h7-8,13,15-17,19,25-26H,6,9-12,14H2,1-5H3. The van der Waals surface area contributed by atoms with Crippen LogP contribution in [-0.2, 0) is 0 Å². The number of halogens is 1. The Bertz CT molecular complexity index is 669. The van der Waals surface area contributed by atoms with Crippen molar-refractivity contribution in [3.05, 3.63) is 47.0 Å². The summed E-state index contributed by atoms with van der Waals surface area (Å²) in [5, 5.41) is 6.92. The van der Waals surface area contributed by atoms with E-state index in [2.05, 4.69) is 62.4 Å². The lowest BCUT2D eigenvalue weighted by Crippen LogP contribution is -2.45. The van der Waals surface area contributed by atoms with E-state index >= 15 is 0 Å². The minimum Gasteiger partial charge on any atom is -0.386 e. The van der Waals surface area contributed by atoms with E-state index in [1.165, 1.54) is 5.70 Å². The van der Waals surface area contributed by atoms with E-state index in [4.69, 9.17) is 0 Å². The van der Waals surface area contributed by atoms with Gasteiger partial charge < -0.3 is 10.6 Å². The Labute approximate surface area is 164 Å². The zero-order valence-corrected chi connectivity index (χ0v) is 17.6. The number of hydrogen-bond acceptors (Lipinski definition) is 3. The molecule has 2 atom stereocenters. The van der Waals surface area contributed by atoms with Gasteiger partial charge >= 0.3 is 0 Å². The van der Waals surface area contributed by atoms with E-state index in [0.29, 0.717) is 12.0 Å². The first-order valence-corrected chi connectivity index (χ1v) is 10.5. The molecule has 1 aromatic carbocycles. The quantitative estimate of drug-likeness (QED) is 0.755. The maximum atomic E-state index is 14.9. The van der Waals surface area contributed by atoms with E-state index in [-0.39, 0.29) is 17.4 Å². The fraction of sp³-hybridized carbons (Fsp3) is 0.652. The van der Waals surface area contributed by atoms with E-state index in [0.717, 1.165) is 49.9 Å². The zero-order chi connectivity index (χ0) is 19.6. The Kier molecular flexibility index (Phi) is 6.15. The van der Waals surface area contributed by atoms with Gasteiger partial charge in [-0.1, -0.05) is 19.1 Å². The molecule has 2 unspecified atom stereocenters. The minimum atomic E-state index is -0.0414. The van der Waals surface area contributed by atoms with Crippen LogP contribution in [0.25, 0.3) is 0 Å². The van der Waals surface area contributed by atoms with Crippen LogP contribution in [0, 0.1) is 5.82 Å². The van der Waals surface area contributed by atoms with Gasteiger partial charge in [0.1, 0.15) is 5.82 Å². The molecule has 0 radical (unpaired) electrons. The molecule has 0 bridgehead atoms. The highest BCUT2D eigenvalue weighted by molar-refractivity contribution is 5.30. The second-order valence-corrected chi connectivity index (χ2v) is 9.22. The van der Waals surface area contributed by atoms with Gasteiger partial charge in [0.25, 0.3) is 0 Å². The molecule has 1 aromatic rings. The molecule has 2 aliphatic rings. The Morgan fingerprint density at radius 3 is 2.52 bits per heavy atom. The summed E-state index contributed by atoms with van der Waals surface area (Å²) in [6, 6.07) is 6.50. The van der Waals surface area contributed by atoms with Crippen LogP contribution in [0.4, 0.5) is 4.39 Å². The van der Waals surface area contributed by atoms with Gasteiger partial charge in [-0.2, -0.15) is 0 Å². The third kappa shape index (κ3) is 4.84. The summed E-state index contributed by atoms with van der Waals surface area (Å²) in [5.41, 5.74) is 3.33. The first-order chi connectivity index (χ1) is 12.8. The number of benzene rings is 1. The van der Waals surface area contributed by atoms with Crippen molar-refractivity contribution in [2.24, 2.45) is 0 Å². The summed E-state index contributed by atoms with van der Waals surface area (Å²) in [6.45, 7) is 13.2. The van der Waals surface area contributed by atoms with Crippen molar-refractivity contribution in [3.8, 4) is 0 Å². The van der Waals surface area contributed by atoms with Crippen molar-refractivity contribution in [2.75, 3.05) is 13.1 Å². The fourth-order valence-corrected chi connectivity index (χ4v) is 4.33. The van der Waals surface area contributed by atoms with Crippen LogP contribution in [-0.4, -0.2) is 29.6 Å². The molecule has 3 rings (SSSR count). The second kappa shape index (κ2) is 8.22. The molecule has 3 nitrogen and oxygen atoms in total. The summed E-state index contributed by atoms with van der Waals surface area (Å²) in [7, 11) is 0. The zero-order valence-electron chi connectivity index (χ0n) is 17.6.